The molecule has 0 bridgehead atoms. The molecule has 0 unspecified atom stereocenters. The zero-order valence-corrected chi connectivity index (χ0v) is 13.8. The van der Waals surface area contributed by atoms with Crippen molar-refractivity contribution in [3.8, 4) is 0 Å². The third kappa shape index (κ3) is 4.05. The molecule has 2 amide bonds. The molecule has 2 atom stereocenters. The van der Waals surface area contributed by atoms with Crippen molar-refractivity contribution >= 4 is 11.8 Å². The summed E-state index contributed by atoms with van der Waals surface area (Å²) in [6.07, 6.45) is 1.43. The number of carbonyl (C=O) groups excluding carboxylic acids is 2. The standard InChI is InChI=1S/C16H20N4O5/c1-10-12(19-25-18-10)7-15(22)20-5-4-11(13(21)9-20)8-17-16(23)14-3-2-6-24-14/h2-3,6,11,13,21H,4-5,7-9H2,1H3,(H,17,23)/t11-,13+/m0/s1. The molecule has 134 valence electrons. The minimum Gasteiger partial charge on any atom is -0.459 e. The van der Waals surface area contributed by atoms with Crippen LogP contribution in [0.2, 0.25) is 0 Å². The topological polar surface area (TPSA) is 122 Å². The summed E-state index contributed by atoms with van der Waals surface area (Å²) in [6, 6.07) is 3.22. The number of aromatic nitrogens is 2. The number of aliphatic hydroxyl groups excluding tert-OH is 1. The number of hydrogen-bond acceptors (Lipinski definition) is 7. The maximum Gasteiger partial charge on any atom is 0.286 e. The Balaban J connectivity index is 1.48. The van der Waals surface area contributed by atoms with Crippen LogP contribution in [0.4, 0.5) is 0 Å². The molecule has 0 saturated carbocycles. The van der Waals surface area contributed by atoms with E-state index < -0.39 is 6.10 Å². The fraction of sp³-hybridized carbons (Fsp3) is 0.500. The van der Waals surface area contributed by atoms with Crippen molar-refractivity contribution in [2.75, 3.05) is 19.6 Å². The molecule has 0 aliphatic carbocycles. The number of β-amino-alcohol motifs (C(OH)–C–C–N with tert-alkyl or cyclic N) is 1. The van der Waals surface area contributed by atoms with Crippen LogP contribution in [0.5, 0.6) is 0 Å². The molecule has 0 radical (unpaired) electrons. The van der Waals surface area contributed by atoms with Crippen molar-refractivity contribution in [2.45, 2.75) is 25.9 Å². The minimum absolute atomic E-state index is 0.0992. The van der Waals surface area contributed by atoms with Crippen molar-refractivity contribution in [3.63, 3.8) is 0 Å². The summed E-state index contributed by atoms with van der Waals surface area (Å²) >= 11 is 0. The molecule has 1 aliphatic heterocycles. The first-order valence-corrected chi connectivity index (χ1v) is 8.10. The van der Waals surface area contributed by atoms with Crippen molar-refractivity contribution in [1.82, 2.24) is 20.5 Å². The summed E-state index contributed by atoms with van der Waals surface area (Å²) in [5.74, 6) is -0.322. The van der Waals surface area contributed by atoms with E-state index in [1.54, 1.807) is 24.0 Å². The van der Waals surface area contributed by atoms with Crippen LogP contribution < -0.4 is 5.32 Å². The van der Waals surface area contributed by atoms with Crippen molar-refractivity contribution < 1.29 is 23.7 Å². The number of likely N-dealkylation sites (tertiary alicyclic amines) is 1. The van der Waals surface area contributed by atoms with Gasteiger partial charge in [0.05, 0.1) is 18.8 Å². The molecule has 1 aliphatic rings. The Bertz CT molecular complexity index is 727. The van der Waals surface area contributed by atoms with Gasteiger partial charge in [-0.3, -0.25) is 9.59 Å². The molecular weight excluding hydrogens is 328 g/mol. The van der Waals surface area contributed by atoms with Gasteiger partial charge < -0.3 is 19.7 Å². The molecule has 3 rings (SSSR count). The fourth-order valence-corrected chi connectivity index (χ4v) is 2.83. The molecule has 0 aromatic carbocycles. The molecular formula is C16H20N4O5. The number of hydrogen-bond donors (Lipinski definition) is 2. The molecule has 1 saturated heterocycles. The predicted molar refractivity (Wildman–Crippen MR) is 84.5 cm³/mol. The van der Waals surface area contributed by atoms with Crippen LogP contribution in [-0.2, 0) is 11.2 Å². The second kappa shape index (κ2) is 7.47. The number of nitrogens with one attached hydrogen (secondary N) is 1. The smallest absolute Gasteiger partial charge is 0.286 e. The van der Waals surface area contributed by atoms with Gasteiger partial charge in [-0.15, -0.1) is 0 Å². The first kappa shape index (κ1) is 17.2. The maximum atomic E-state index is 12.3. The number of aryl methyl sites for hydroxylation is 1. The Labute approximate surface area is 143 Å². The van der Waals surface area contributed by atoms with Crippen LogP contribution >= 0.6 is 0 Å². The summed E-state index contributed by atoms with van der Waals surface area (Å²) in [7, 11) is 0. The van der Waals surface area contributed by atoms with Crippen LogP contribution in [0, 0.1) is 12.8 Å². The molecule has 9 heteroatoms. The number of furan rings is 1. The number of rotatable bonds is 5. The van der Waals surface area contributed by atoms with Crippen molar-refractivity contribution in [1.29, 1.82) is 0 Å². The zero-order chi connectivity index (χ0) is 17.8. The van der Waals surface area contributed by atoms with Gasteiger partial charge in [0.1, 0.15) is 11.4 Å². The van der Waals surface area contributed by atoms with E-state index in [9.17, 15) is 14.7 Å². The van der Waals surface area contributed by atoms with Crippen LogP contribution in [-0.4, -0.2) is 57.9 Å². The van der Waals surface area contributed by atoms with E-state index in [1.807, 2.05) is 0 Å². The van der Waals surface area contributed by atoms with Crippen LogP contribution in [0.3, 0.4) is 0 Å². The molecule has 25 heavy (non-hydrogen) atoms. The lowest BCUT2D eigenvalue weighted by atomic mass is 9.93. The monoisotopic (exact) mass is 348 g/mol. The lowest BCUT2D eigenvalue weighted by molar-refractivity contribution is -0.135. The number of amides is 2. The average molecular weight is 348 g/mol. The van der Waals surface area contributed by atoms with Gasteiger partial charge in [0, 0.05) is 25.6 Å². The first-order valence-electron chi connectivity index (χ1n) is 8.10. The van der Waals surface area contributed by atoms with Gasteiger partial charge >= 0.3 is 0 Å². The van der Waals surface area contributed by atoms with Gasteiger partial charge in [-0.2, -0.15) is 0 Å². The molecule has 9 nitrogen and oxygen atoms in total. The molecule has 1 fully saturated rings. The van der Waals surface area contributed by atoms with Crippen LogP contribution in [0.15, 0.2) is 27.4 Å². The zero-order valence-electron chi connectivity index (χ0n) is 13.8. The van der Waals surface area contributed by atoms with Gasteiger partial charge in [0.15, 0.2) is 5.76 Å². The Morgan fingerprint density at radius 1 is 1.44 bits per heavy atom. The van der Waals surface area contributed by atoms with E-state index >= 15 is 0 Å². The third-order valence-electron chi connectivity index (χ3n) is 4.41. The average Bonchev–Trinajstić information content (AvgIpc) is 3.26. The molecule has 2 N–H and O–H groups in total. The summed E-state index contributed by atoms with van der Waals surface area (Å²) in [5, 5.41) is 20.4. The summed E-state index contributed by atoms with van der Waals surface area (Å²) in [5.41, 5.74) is 1.09. The quantitative estimate of drug-likeness (QED) is 0.789. The second-order valence-electron chi connectivity index (χ2n) is 6.12. The molecule has 2 aromatic heterocycles. The number of piperidine rings is 1. The van der Waals surface area contributed by atoms with E-state index in [0.717, 1.165) is 0 Å². The highest BCUT2D eigenvalue weighted by Crippen LogP contribution is 2.18. The highest BCUT2D eigenvalue weighted by atomic mass is 16.6. The summed E-state index contributed by atoms with van der Waals surface area (Å²) in [4.78, 5) is 25.8. The SMILES string of the molecule is Cc1nonc1CC(=O)N1CC[C@@H](CNC(=O)c2ccco2)[C@H](O)C1. The summed E-state index contributed by atoms with van der Waals surface area (Å²) < 4.78 is 9.61. The third-order valence-corrected chi connectivity index (χ3v) is 4.41. The van der Waals surface area contributed by atoms with Crippen LogP contribution in [0.1, 0.15) is 28.4 Å². The van der Waals surface area contributed by atoms with E-state index in [0.29, 0.717) is 30.9 Å². The highest BCUT2D eigenvalue weighted by molar-refractivity contribution is 5.91. The summed E-state index contributed by atoms with van der Waals surface area (Å²) in [6.45, 7) is 2.79. The number of aliphatic hydroxyl groups is 1. The highest BCUT2D eigenvalue weighted by Gasteiger charge is 2.31. The number of nitrogens with zero attached hydrogens (tertiary/aromatic N) is 3. The normalized spacial score (nSPS) is 20.5. The fourth-order valence-electron chi connectivity index (χ4n) is 2.83. The van der Waals surface area contributed by atoms with Gasteiger partial charge in [-0.05, 0) is 25.5 Å². The number of carbonyl (C=O) groups is 2. The predicted octanol–water partition coefficient (Wildman–Crippen LogP) is 0.153. The Kier molecular flexibility index (Phi) is 5.13. The largest absolute Gasteiger partial charge is 0.459 e. The maximum absolute atomic E-state index is 12.3. The van der Waals surface area contributed by atoms with E-state index in [1.165, 1.54) is 6.26 Å². The van der Waals surface area contributed by atoms with E-state index in [4.69, 9.17) is 4.42 Å². The minimum atomic E-state index is -0.703. The lowest BCUT2D eigenvalue weighted by Gasteiger charge is -2.36. The molecule has 2 aromatic rings. The first-order chi connectivity index (χ1) is 12.0. The Morgan fingerprint density at radius 3 is 2.92 bits per heavy atom. The van der Waals surface area contributed by atoms with Crippen LogP contribution in [0.25, 0.3) is 0 Å². The van der Waals surface area contributed by atoms with Crippen molar-refractivity contribution in [3.05, 3.63) is 35.5 Å². The van der Waals surface area contributed by atoms with E-state index in [-0.39, 0.29) is 36.5 Å². The second-order valence-corrected chi connectivity index (χ2v) is 6.12. The van der Waals surface area contributed by atoms with Gasteiger partial charge in [-0.1, -0.05) is 10.3 Å². The van der Waals surface area contributed by atoms with Gasteiger partial charge in [0.2, 0.25) is 5.91 Å². The Morgan fingerprint density at radius 2 is 2.28 bits per heavy atom. The van der Waals surface area contributed by atoms with Gasteiger partial charge in [0.25, 0.3) is 5.91 Å². The molecule has 3 heterocycles. The molecule has 0 spiro atoms. The lowest BCUT2D eigenvalue weighted by Crippen LogP contribution is -2.50. The van der Waals surface area contributed by atoms with Crippen molar-refractivity contribution in [2.24, 2.45) is 5.92 Å². The van der Waals surface area contributed by atoms with E-state index in [2.05, 4.69) is 20.3 Å². The Hall–Kier alpha value is -2.68. The van der Waals surface area contributed by atoms with Gasteiger partial charge in [-0.25, -0.2) is 4.63 Å².